The third-order valence-corrected chi connectivity index (χ3v) is 2.55. The number of alkyl halides is 1. The Morgan fingerprint density at radius 2 is 2.14 bits per heavy atom. The number of nitrogens with zero attached hydrogens (tertiary/aromatic N) is 2. The number of aryl methyl sites for hydroxylation is 1. The van der Waals surface area contributed by atoms with Crippen molar-refractivity contribution in [1.29, 1.82) is 0 Å². The standard InChI is InChI=1S/C11H13ClN2/c1-3-14-10-7-5-4-6-9(10)13-11(14)8(2)12/h4-8H,3H2,1-2H3. The Bertz CT molecular complexity index is 445. The lowest BCUT2D eigenvalue weighted by Gasteiger charge is -2.06. The fraction of sp³-hybridized carbons (Fsp3) is 0.364. The first-order valence-corrected chi connectivity index (χ1v) is 5.27. The molecular formula is C11H13ClN2. The van der Waals surface area contributed by atoms with E-state index >= 15 is 0 Å². The molecule has 0 saturated carbocycles. The number of fused-ring (bicyclic) bond motifs is 1. The van der Waals surface area contributed by atoms with Gasteiger partial charge in [-0.25, -0.2) is 4.98 Å². The molecule has 0 aliphatic carbocycles. The van der Waals surface area contributed by atoms with Crippen molar-refractivity contribution < 1.29 is 0 Å². The number of halogens is 1. The average Bonchev–Trinajstić information content (AvgIpc) is 2.56. The molecule has 0 amide bonds. The predicted molar refractivity (Wildman–Crippen MR) is 59.7 cm³/mol. The summed E-state index contributed by atoms with van der Waals surface area (Å²) in [6.45, 7) is 4.97. The smallest absolute Gasteiger partial charge is 0.127 e. The molecule has 74 valence electrons. The second-order valence-corrected chi connectivity index (χ2v) is 3.97. The first-order chi connectivity index (χ1) is 6.74. The highest BCUT2D eigenvalue weighted by molar-refractivity contribution is 6.20. The Balaban J connectivity index is 2.72. The van der Waals surface area contributed by atoms with E-state index in [1.54, 1.807) is 0 Å². The summed E-state index contributed by atoms with van der Waals surface area (Å²) in [5.74, 6) is 0.954. The SMILES string of the molecule is CCn1c(C(C)Cl)nc2ccccc21. The lowest BCUT2D eigenvalue weighted by molar-refractivity contribution is 0.717. The van der Waals surface area contributed by atoms with Gasteiger partial charge in [0.05, 0.1) is 16.4 Å². The summed E-state index contributed by atoms with van der Waals surface area (Å²) >= 11 is 6.08. The Morgan fingerprint density at radius 3 is 2.79 bits per heavy atom. The molecule has 0 bridgehead atoms. The lowest BCUT2D eigenvalue weighted by Crippen LogP contribution is -2.01. The Labute approximate surface area is 88.5 Å². The van der Waals surface area contributed by atoms with Gasteiger partial charge < -0.3 is 4.57 Å². The van der Waals surface area contributed by atoms with Crippen molar-refractivity contribution in [3.05, 3.63) is 30.1 Å². The fourth-order valence-electron chi connectivity index (χ4n) is 1.73. The molecule has 1 atom stereocenters. The van der Waals surface area contributed by atoms with E-state index in [4.69, 9.17) is 11.6 Å². The zero-order chi connectivity index (χ0) is 10.1. The van der Waals surface area contributed by atoms with Crippen molar-refractivity contribution in [1.82, 2.24) is 9.55 Å². The Morgan fingerprint density at radius 1 is 1.43 bits per heavy atom. The Hall–Kier alpha value is -1.02. The van der Waals surface area contributed by atoms with Crippen LogP contribution in [0.1, 0.15) is 25.0 Å². The zero-order valence-corrected chi connectivity index (χ0v) is 9.12. The molecule has 0 radical (unpaired) electrons. The van der Waals surface area contributed by atoms with E-state index in [1.807, 2.05) is 25.1 Å². The maximum Gasteiger partial charge on any atom is 0.127 e. The van der Waals surface area contributed by atoms with Crippen molar-refractivity contribution in [2.75, 3.05) is 0 Å². The number of para-hydroxylation sites is 2. The fourth-order valence-corrected chi connectivity index (χ4v) is 1.90. The second kappa shape index (κ2) is 3.62. The van der Waals surface area contributed by atoms with Crippen molar-refractivity contribution in [2.45, 2.75) is 25.8 Å². The summed E-state index contributed by atoms with van der Waals surface area (Å²) in [4.78, 5) is 4.51. The molecular weight excluding hydrogens is 196 g/mol. The topological polar surface area (TPSA) is 17.8 Å². The van der Waals surface area contributed by atoms with E-state index in [-0.39, 0.29) is 5.38 Å². The van der Waals surface area contributed by atoms with E-state index in [2.05, 4.69) is 22.5 Å². The van der Waals surface area contributed by atoms with Gasteiger partial charge >= 0.3 is 0 Å². The lowest BCUT2D eigenvalue weighted by atomic mass is 10.3. The number of hydrogen-bond acceptors (Lipinski definition) is 1. The van der Waals surface area contributed by atoms with Gasteiger partial charge in [-0.05, 0) is 26.0 Å². The van der Waals surface area contributed by atoms with Crippen LogP contribution in [0, 0.1) is 0 Å². The van der Waals surface area contributed by atoms with Gasteiger partial charge in [-0.2, -0.15) is 0 Å². The van der Waals surface area contributed by atoms with Crippen molar-refractivity contribution in [3.63, 3.8) is 0 Å². The van der Waals surface area contributed by atoms with Gasteiger partial charge in [0.25, 0.3) is 0 Å². The molecule has 1 heterocycles. The van der Waals surface area contributed by atoms with Crippen LogP contribution < -0.4 is 0 Å². The number of hydrogen-bond donors (Lipinski definition) is 0. The van der Waals surface area contributed by atoms with E-state index < -0.39 is 0 Å². The summed E-state index contributed by atoms with van der Waals surface area (Å²) in [6, 6.07) is 8.12. The van der Waals surface area contributed by atoms with Crippen LogP contribution in [-0.2, 0) is 6.54 Å². The highest BCUT2D eigenvalue weighted by Crippen LogP contribution is 2.23. The van der Waals surface area contributed by atoms with Gasteiger partial charge in [-0.1, -0.05) is 12.1 Å². The van der Waals surface area contributed by atoms with Gasteiger partial charge in [-0.15, -0.1) is 11.6 Å². The van der Waals surface area contributed by atoms with Crippen molar-refractivity contribution in [2.24, 2.45) is 0 Å². The molecule has 2 nitrogen and oxygen atoms in total. The van der Waals surface area contributed by atoms with Crippen molar-refractivity contribution >= 4 is 22.6 Å². The molecule has 1 aromatic carbocycles. The molecule has 1 unspecified atom stereocenters. The minimum atomic E-state index is -0.0395. The van der Waals surface area contributed by atoms with E-state index in [0.29, 0.717) is 0 Å². The molecule has 0 N–H and O–H groups in total. The molecule has 0 aliphatic heterocycles. The van der Waals surface area contributed by atoms with Crippen LogP contribution in [-0.4, -0.2) is 9.55 Å². The van der Waals surface area contributed by atoms with Crippen LogP contribution in [0.4, 0.5) is 0 Å². The van der Waals surface area contributed by atoms with Gasteiger partial charge in [0, 0.05) is 6.54 Å². The summed E-state index contributed by atoms with van der Waals surface area (Å²) in [6.07, 6.45) is 0. The summed E-state index contributed by atoms with van der Waals surface area (Å²) in [7, 11) is 0. The molecule has 2 aromatic rings. The normalized spacial score (nSPS) is 13.4. The van der Waals surface area contributed by atoms with E-state index in [9.17, 15) is 0 Å². The average molecular weight is 209 g/mol. The third kappa shape index (κ3) is 1.40. The highest BCUT2D eigenvalue weighted by Gasteiger charge is 2.12. The number of benzene rings is 1. The number of aromatic nitrogens is 2. The summed E-state index contributed by atoms with van der Waals surface area (Å²) in [5.41, 5.74) is 2.19. The van der Waals surface area contributed by atoms with Crippen LogP contribution in [0.3, 0.4) is 0 Å². The molecule has 0 fully saturated rings. The van der Waals surface area contributed by atoms with E-state index in [0.717, 1.165) is 23.4 Å². The first-order valence-electron chi connectivity index (χ1n) is 4.83. The van der Waals surface area contributed by atoms with Gasteiger partial charge in [0.15, 0.2) is 0 Å². The second-order valence-electron chi connectivity index (χ2n) is 3.32. The van der Waals surface area contributed by atoms with E-state index in [1.165, 1.54) is 0 Å². The minimum absolute atomic E-state index is 0.0395. The molecule has 2 rings (SSSR count). The summed E-state index contributed by atoms with van der Waals surface area (Å²) < 4.78 is 2.16. The summed E-state index contributed by atoms with van der Waals surface area (Å²) in [5, 5.41) is -0.0395. The molecule has 1 aromatic heterocycles. The van der Waals surface area contributed by atoms with Crippen LogP contribution in [0.2, 0.25) is 0 Å². The maximum absolute atomic E-state index is 6.08. The number of rotatable bonds is 2. The quantitative estimate of drug-likeness (QED) is 0.692. The van der Waals surface area contributed by atoms with Crippen LogP contribution in [0.15, 0.2) is 24.3 Å². The maximum atomic E-state index is 6.08. The molecule has 0 spiro atoms. The third-order valence-electron chi connectivity index (χ3n) is 2.36. The van der Waals surface area contributed by atoms with Gasteiger partial charge in [0.1, 0.15) is 5.82 Å². The Kier molecular flexibility index (Phi) is 2.46. The highest BCUT2D eigenvalue weighted by atomic mass is 35.5. The monoisotopic (exact) mass is 208 g/mol. The van der Waals surface area contributed by atoms with Crippen molar-refractivity contribution in [3.8, 4) is 0 Å². The number of imidazole rings is 1. The molecule has 3 heteroatoms. The molecule has 0 saturated heterocycles. The van der Waals surface area contributed by atoms with Crippen LogP contribution in [0.25, 0.3) is 11.0 Å². The minimum Gasteiger partial charge on any atom is -0.327 e. The largest absolute Gasteiger partial charge is 0.327 e. The van der Waals surface area contributed by atoms with Crippen LogP contribution >= 0.6 is 11.6 Å². The first kappa shape index (κ1) is 9.53. The predicted octanol–water partition coefficient (Wildman–Crippen LogP) is 3.36. The van der Waals surface area contributed by atoms with Gasteiger partial charge in [0.2, 0.25) is 0 Å². The van der Waals surface area contributed by atoms with Gasteiger partial charge in [-0.3, -0.25) is 0 Å². The molecule has 0 aliphatic rings. The van der Waals surface area contributed by atoms with Crippen LogP contribution in [0.5, 0.6) is 0 Å². The zero-order valence-electron chi connectivity index (χ0n) is 8.37. The molecule has 14 heavy (non-hydrogen) atoms.